The average Bonchev–Trinajstić information content (AvgIpc) is 3.04. The summed E-state index contributed by atoms with van der Waals surface area (Å²) in [4.78, 5) is 22.8. The highest BCUT2D eigenvalue weighted by Crippen LogP contribution is 2.12. The molecule has 0 radical (unpaired) electrons. The molecular weight excluding hydrogens is 334 g/mol. The number of carbonyl (C=O) groups excluding carboxylic acids is 1. The summed E-state index contributed by atoms with van der Waals surface area (Å²) in [5, 5.41) is 8.82. The van der Waals surface area contributed by atoms with Crippen LogP contribution in [0, 0.1) is 6.92 Å². The van der Waals surface area contributed by atoms with Crippen molar-refractivity contribution >= 4 is 23.5 Å². The highest BCUT2D eigenvalue weighted by Gasteiger charge is 2.17. The van der Waals surface area contributed by atoms with Crippen molar-refractivity contribution in [2.45, 2.75) is 13.8 Å². The maximum absolute atomic E-state index is 12.3. The number of amides is 1. The molecule has 0 saturated carbocycles. The summed E-state index contributed by atoms with van der Waals surface area (Å²) < 4.78 is 0. The molecule has 1 aliphatic rings. The molecule has 0 bridgehead atoms. The van der Waals surface area contributed by atoms with Crippen LogP contribution < -0.4 is 10.6 Å². The normalized spacial score (nSPS) is 15.1. The van der Waals surface area contributed by atoms with Crippen LogP contribution in [0.1, 0.15) is 22.4 Å². The molecule has 2 N–H and O–H groups in total. The molecule has 6 nitrogen and oxygen atoms in total. The Hall–Kier alpha value is -2.25. The number of nitrogens with zero attached hydrogens (tertiary/aromatic N) is 3. The van der Waals surface area contributed by atoms with E-state index in [2.05, 4.69) is 38.7 Å². The first-order valence-corrected chi connectivity index (χ1v) is 9.00. The zero-order chi connectivity index (χ0) is 18.7. The fraction of sp³-hybridized carbons (Fsp3) is 0.389. The molecule has 1 amide bonds. The summed E-state index contributed by atoms with van der Waals surface area (Å²) >= 11 is 1.45. The van der Waals surface area contributed by atoms with E-state index in [9.17, 15) is 4.79 Å². The van der Waals surface area contributed by atoms with E-state index < -0.39 is 0 Å². The van der Waals surface area contributed by atoms with E-state index in [0.717, 1.165) is 36.9 Å². The second-order valence-corrected chi connectivity index (χ2v) is 6.30. The van der Waals surface area contributed by atoms with Crippen molar-refractivity contribution in [2.75, 3.05) is 33.2 Å². The van der Waals surface area contributed by atoms with Gasteiger partial charge in [0.15, 0.2) is 0 Å². The van der Waals surface area contributed by atoms with Gasteiger partial charge in [-0.3, -0.25) is 9.79 Å². The number of piperazine rings is 1. The Kier molecular flexibility index (Phi) is 9.42. The fourth-order valence-corrected chi connectivity index (χ4v) is 2.85. The van der Waals surface area contributed by atoms with Gasteiger partial charge in [0.2, 0.25) is 0 Å². The third-order valence-corrected chi connectivity index (χ3v) is 4.06. The predicted molar refractivity (Wildman–Crippen MR) is 106 cm³/mol. The van der Waals surface area contributed by atoms with Gasteiger partial charge >= 0.3 is 0 Å². The van der Waals surface area contributed by atoms with Crippen LogP contribution >= 0.6 is 11.3 Å². The van der Waals surface area contributed by atoms with Crippen LogP contribution in [0.15, 0.2) is 47.1 Å². The summed E-state index contributed by atoms with van der Waals surface area (Å²) in [6.45, 7) is 14.6. The van der Waals surface area contributed by atoms with Gasteiger partial charge in [-0.1, -0.05) is 12.7 Å². The number of rotatable bonds is 5. The SMILES string of the molecule is C=C/C(=C(\C=NC)NC(=O)c1csc(C)n1)N1CCNCC1.C=CC. The molecule has 1 aromatic heterocycles. The summed E-state index contributed by atoms with van der Waals surface area (Å²) in [5.74, 6) is -0.228. The lowest BCUT2D eigenvalue weighted by molar-refractivity contribution is 0.0962. The van der Waals surface area contributed by atoms with Gasteiger partial charge in [0.1, 0.15) is 5.69 Å². The zero-order valence-electron chi connectivity index (χ0n) is 15.2. The molecule has 1 aliphatic heterocycles. The molecule has 25 heavy (non-hydrogen) atoms. The standard InChI is InChI=1S/C15H21N5OS.C3H6/c1-4-14(20-7-5-17-6-8-20)12(9-16-3)19-15(21)13-10-22-11(2)18-13;1-3-2/h4,9-10,17H,1,5-8H2,2-3H3,(H,19,21);3H,1H2,2H3/b14-12-,16-9?;. The highest BCUT2D eigenvalue weighted by molar-refractivity contribution is 7.09. The van der Waals surface area contributed by atoms with Crippen LogP contribution in [-0.2, 0) is 0 Å². The summed E-state index contributed by atoms with van der Waals surface area (Å²) in [5.41, 5.74) is 1.95. The lowest BCUT2D eigenvalue weighted by atomic mass is 10.2. The van der Waals surface area contributed by atoms with Crippen LogP contribution in [0.4, 0.5) is 0 Å². The maximum Gasteiger partial charge on any atom is 0.275 e. The third kappa shape index (κ3) is 6.64. The maximum atomic E-state index is 12.3. The number of hydrogen-bond acceptors (Lipinski definition) is 6. The Morgan fingerprint density at radius 1 is 1.44 bits per heavy atom. The van der Waals surface area contributed by atoms with Crippen LogP contribution in [-0.4, -0.2) is 55.2 Å². The molecule has 7 heteroatoms. The Balaban J connectivity index is 0.000000970. The second-order valence-electron chi connectivity index (χ2n) is 5.24. The third-order valence-electron chi connectivity index (χ3n) is 3.29. The molecule has 2 heterocycles. The predicted octanol–water partition coefficient (Wildman–Crippen LogP) is 2.38. The molecule has 1 saturated heterocycles. The van der Waals surface area contributed by atoms with Crippen LogP contribution in [0.5, 0.6) is 0 Å². The van der Waals surface area contributed by atoms with Crippen molar-refractivity contribution in [1.82, 2.24) is 20.5 Å². The highest BCUT2D eigenvalue weighted by atomic mass is 32.1. The summed E-state index contributed by atoms with van der Waals surface area (Å²) in [7, 11) is 1.68. The number of aryl methyl sites for hydroxylation is 1. The Labute approximate surface area is 154 Å². The van der Waals surface area contributed by atoms with Gasteiger partial charge in [-0.05, 0) is 19.9 Å². The van der Waals surface area contributed by atoms with Crippen LogP contribution in [0.3, 0.4) is 0 Å². The molecule has 1 aromatic rings. The minimum Gasteiger partial charge on any atom is -0.367 e. The topological polar surface area (TPSA) is 69.6 Å². The van der Waals surface area contributed by atoms with E-state index >= 15 is 0 Å². The smallest absolute Gasteiger partial charge is 0.275 e. The fourth-order valence-electron chi connectivity index (χ4n) is 2.26. The Morgan fingerprint density at radius 3 is 2.56 bits per heavy atom. The second kappa shape index (κ2) is 11.3. The largest absolute Gasteiger partial charge is 0.367 e. The molecule has 0 spiro atoms. The van der Waals surface area contributed by atoms with Gasteiger partial charge in [-0.2, -0.15) is 0 Å². The quantitative estimate of drug-likeness (QED) is 0.480. The van der Waals surface area contributed by atoms with Gasteiger partial charge in [0, 0.05) is 44.8 Å². The van der Waals surface area contributed by atoms with Crippen molar-refractivity contribution in [2.24, 2.45) is 4.99 Å². The van der Waals surface area contributed by atoms with E-state index in [4.69, 9.17) is 0 Å². The van der Waals surface area contributed by atoms with Gasteiger partial charge in [0.05, 0.1) is 16.4 Å². The lowest BCUT2D eigenvalue weighted by Crippen LogP contribution is -2.43. The first-order valence-electron chi connectivity index (χ1n) is 8.12. The first-order chi connectivity index (χ1) is 12.1. The minimum atomic E-state index is -0.228. The van der Waals surface area contributed by atoms with E-state index in [1.165, 1.54) is 11.3 Å². The van der Waals surface area contributed by atoms with Gasteiger partial charge in [0.25, 0.3) is 5.91 Å². The molecule has 1 fully saturated rings. The minimum absolute atomic E-state index is 0.228. The zero-order valence-corrected chi connectivity index (χ0v) is 16.0. The number of thiazole rings is 1. The molecule has 136 valence electrons. The molecule has 0 aromatic carbocycles. The molecule has 0 atom stereocenters. The molecule has 0 unspecified atom stereocenters. The Morgan fingerprint density at radius 2 is 2.08 bits per heavy atom. The lowest BCUT2D eigenvalue weighted by Gasteiger charge is -2.31. The van der Waals surface area contributed by atoms with Crippen molar-refractivity contribution in [1.29, 1.82) is 0 Å². The number of nitrogens with one attached hydrogen (secondary N) is 2. The van der Waals surface area contributed by atoms with E-state index in [-0.39, 0.29) is 5.91 Å². The number of allylic oxidation sites excluding steroid dienone is 3. The van der Waals surface area contributed by atoms with E-state index in [1.54, 1.807) is 30.8 Å². The molecular formula is C18H27N5OS. The Bertz CT molecular complexity index is 642. The summed E-state index contributed by atoms with van der Waals surface area (Å²) in [6.07, 6.45) is 5.16. The number of hydrogen-bond donors (Lipinski definition) is 2. The number of carbonyl (C=O) groups is 1. The van der Waals surface area contributed by atoms with Crippen molar-refractivity contribution < 1.29 is 4.79 Å². The number of aliphatic imine (C=N–C) groups is 1. The van der Waals surface area contributed by atoms with Gasteiger partial charge in [-0.25, -0.2) is 4.98 Å². The first kappa shape index (κ1) is 20.8. The van der Waals surface area contributed by atoms with Crippen LogP contribution in [0.25, 0.3) is 0 Å². The van der Waals surface area contributed by atoms with Gasteiger partial charge in [-0.15, -0.1) is 17.9 Å². The average molecular weight is 362 g/mol. The number of aromatic nitrogens is 1. The van der Waals surface area contributed by atoms with Crippen molar-refractivity contribution in [3.63, 3.8) is 0 Å². The van der Waals surface area contributed by atoms with Gasteiger partial charge < -0.3 is 15.5 Å². The molecule has 2 rings (SSSR count). The molecule has 0 aliphatic carbocycles. The van der Waals surface area contributed by atoms with Crippen molar-refractivity contribution in [3.05, 3.63) is 52.8 Å². The van der Waals surface area contributed by atoms with E-state index in [0.29, 0.717) is 11.4 Å². The van der Waals surface area contributed by atoms with Crippen LogP contribution in [0.2, 0.25) is 0 Å². The van der Waals surface area contributed by atoms with Crippen molar-refractivity contribution in [3.8, 4) is 0 Å². The van der Waals surface area contributed by atoms with E-state index in [1.807, 2.05) is 13.8 Å². The monoisotopic (exact) mass is 361 g/mol. The summed E-state index contributed by atoms with van der Waals surface area (Å²) in [6, 6.07) is 0.